The molecular formula is C14H13BrN4O2S2. The molecule has 0 aliphatic heterocycles. The Morgan fingerprint density at radius 2 is 2.04 bits per heavy atom. The van der Waals surface area contributed by atoms with Crippen molar-refractivity contribution in [2.75, 3.05) is 6.54 Å². The molecule has 9 heteroatoms. The second-order valence-corrected chi connectivity index (χ2v) is 9.09. The van der Waals surface area contributed by atoms with Gasteiger partial charge in [0.1, 0.15) is 9.90 Å². The normalized spacial score (nSPS) is 11.7. The van der Waals surface area contributed by atoms with E-state index >= 15 is 0 Å². The summed E-state index contributed by atoms with van der Waals surface area (Å²) in [6.45, 7) is 0.708. The Hall–Kier alpha value is -1.55. The highest BCUT2D eigenvalue weighted by atomic mass is 79.9. The summed E-state index contributed by atoms with van der Waals surface area (Å²) in [7, 11) is -3.47. The molecule has 1 N–H and O–H groups in total. The predicted octanol–water partition coefficient (Wildman–Crippen LogP) is 2.75. The largest absolute Gasteiger partial charge is 0.271 e. The highest BCUT2D eigenvalue weighted by molar-refractivity contribution is 9.11. The topological polar surface area (TPSA) is 76.9 Å². The molecule has 0 fully saturated rings. The molecule has 0 unspecified atom stereocenters. The molecule has 120 valence electrons. The van der Waals surface area contributed by atoms with Gasteiger partial charge < -0.3 is 0 Å². The molecule has 0 amide bonds. The van der Waals surface area contributed by atoms with E-state index in [1.54, 1.807) is 29.2 Å². The maximum atomic E-state index is 12.1. The number of sulfonamides is 1. The summed E-state index contributed by atoms with van der Waals surface area (Å²) in [5.74, 6) is 0. The van der Waals surface area contributed by atoms with E-state index in [9.17, 15) is 8.42 Å². The number of thiophene rings is 1. The van der Waals surface area contributed by atoms with Gasteiger partial charge in [0.15, 0.2) is 0 Å². The number of aromatic nitrogens is 3. The smallest absolute Gasteiger partial charge is 0.250 e. The first-order valence-corrected chi connectivity index (χ1v) is 9.84. The number of halogens is 1. The molecule has 0 aromatic carbocycles. The van der Waals surface area contributed by atoms with E-state index in [1.165, 1.54) is 11.3 Å². The third-order valence-electron chi connectivity index (χ3n) is 3.01. The Bertz CT molecular complexity index is 890. The van der Waals surface area contributed by atoms with Crippen LogP contribution in [0.2, 0.25) is 0 Å². The van der Waals surface area contributed by atoms with Crippen molar-refractivity contribution >= 4 is 37.3 Å². The number of hydrogen-bond acceptors (Lipinski definition) is 5. The van der Waals surface area contributed by atoms with Crippen molar-refractivity contribution in [2.24, 2.45) is 0 Å². The lowest BCUT2D eigenvalue weighted by molar-refractivity contribution is 0.563. The molecule has 0 radical (unpaired) electrons. The Morgan fingerprint density at radius 1 is 1.17 bits per heavy atom. The van der Waals surface area contributed by atoms with Gasteiger partial charge in [0.2, 0.25) is 10.0 Å². The summed E-state index contributed by atoms with van der Waals surface area (Å²) in [6.07, 6.45) is 3.52. The van der Waals surface area contributed by atoms with Crippen LogP contribution in [-0.2, 0) is 16.6 Å². The van der Waals surface area contributed by atoms with Crippen molar-refractivity contribution in [3.63, 3.8) is 0 Å². The van der Waals surface area contributed by atoms with Crippen molar-refractivity contribution in [1.82, 2.24) is 19.5 Å². The minimum Gasteiger partial charge on any atom is -0.271 e. The molecule has 3 rings (SSSR count). The molecule has 0 spiro atoms. The molecule has 23 heavy (non-hydrogen) atoms. The highest BCUT2D eigenvalue weighted by Crippen LogP contribution is 2.25. The van der Waals surface area contributed by atoms with Crippen LogP contribution in [0.4, 0.5) is 0 Å². The van der Waals surface area contributed by atoms with E-state index in [-0.39, 0.29) is 6.54 Å². The number of rotatable bonds is 6. The zero-order valence-corrected chi connectivity index (χ0v) is 15.1. The summed E-state index contributed by atoms with van der Waals surface area (Å²) >= 11 is 4.44. The number of nitrogens with one attached hydrogen (secondary N) is 1. The molecule has 0 aliphatic rings. The van der Waals surface area contributed by atoms with E-state index in [0.717, 1.165) is 15.2 Å². The second kappa shape index (κ2) is 6.91. The van der Waals surface area contributed by atoms with Gasteiger partial charge in [-0.15, -0.1) is 11.3 Å². The van der Waals surface area contributed by atoms with Crippen LogP contribution in [0, 0.1) is 0 Å². The fourth-order valence-corrected chi connectivity index (χ4v) is 5.02. The van der Waals surface area contributed by atoms with Gasteiger partial charge in [-0.2, -0.15) is 5.10 Å². The zero-order valence-electron chi connectivity index (χ0n) is 11.9. The fraction of sp³-hybridized carbons (Fsp3) is 0.143. The fourth-order valence-electron chi connectivity index (χ4n) is 1.94. The molecule has 0 aliphatic carbocycles. The minimum absolute atomic E-state index is 0.265. The van der Waals surface area contributed by atoms with E-state index < -0.39 is 10.0 Å². The summed E-state index contributed by atoms with van der Waals surface area (Å²) in [5, 5.41) is 4.39. The van der Waals surface area contributed by atoms with Gasteiger partial charge >= 0.3 is 0 Å². The lowest BCUT2D eigenvalue weighted by Gasteiger charge is -2.05. The standard InChI is InChI=1S/C14H13BrN4O2S2/c15-13-4-5-14(22-13)23(20,21)17-8-10-19-9-6-12(18-19)11-3-1-2-7-16-11/h1-7,9,17H,8,10H2. The van der Waals surface area contributed by atoms with Crippen LogP contribution in [0.25, 0.3) is 11.4 Å². The van der Waals surface area contributed by atoms with Gasteiger partial charge in [0.05, 0.1) is 16.0 Å². The van der Waals surface area contributed by atoms with Gasteiger partial charge in [0.25, 0.3) is 0 Å². The Labute approximate surface area is 146 Å². The molecule has 0 atom stereocenters. The SMILES string of the molecule is O=S(=O)(NCCn1ccc(-c2ccccn2)n1)c1ccc(Br)s1. The molecule has 3 aromatic heterocycles. The third kappa shape index (κ3) is 4.05. The average Bonchev–Trinajstić information content (AvgIpc) is 3.17. The van der Waals surface area contributed by atoms with Crippen molar-refractivity contribution in [2.45, 2.75) is 10.8 Å². The molecule has 0 saturated heterocycles. The monoisotopic (exact) mass is 412 g/mol. The first-order valence-electron chi connectivity index (χ1n) is 6.74. The third-order valence-corrected chi connectivity index (χ3v) is 6.59. The number of nitrogens with zero attached hydrogens (tertiary/aromatic N) is 3. The van der Waals surface area contributed by atoms with Gasteiger partial charge in [0, 0.05) is 18.9 Å². The molecular weight excluding hydrogens is 400 g/mol. The Balaban J connectivity index is 1.60. The van der Waals surface area contributed by atoms with Crippen LogP contribution < -0.4 is 4.72 Å². The van der Waals surface area contributed by atoms with E-state index in [4.69, 9.17) is 0 Å². The molecule has 0 saturated carbocycles. The maximum Gasteiger partial charge on any atom is 0.250 e. The van der Waals surface area contributed by atoms with Crippen LogP contribution in [0.5, 0.6) is 0 Å². The molecule has 3 aromatic rings. The van der Waals surface area contributed by atoms with Gasteiger partial charge in [-0.25, -0.2) is 13.1 Å². The van der Waals surface area contributed by atoms with Crippen LogP contribution >= 0.6 is 27.3 Å². The van der Waals surface area contributed by atoms with Crippen LogP contribution in [-0.4, -0.2) is 29.7 Å². The highest BCUT2D eigenvalue weighted by Gasteiger charge is 2.15. The maximum absolute atomic E-state index is 12.1. The quantitative estimate of drug-likeness (QED) is 0.674. The van der Waals surface area contributed by atoms with Crippen molar-refractivity contribution < 1.29 is 8.42 Å². The van der Waals surface area contributed by atoms with Crippen molar-refractivity contribution in [1.29, 1.82) is 0 Å². The predicted molar refractivity (Wildman–Crippen MR) is 92.7 cm³/mol. The van der Waals surface area contributed by atoms with Crippen molar-refractivity contribution in [3.8, 4) is 11.4 Å². The lowest BCUT2D eigenvalue weighted by Crippen LogP contribution is -2.27. The Morgan fingerprint density at radius 3 is 2.74 bits per heavy atom. The van der Waals surface area contributed by atoms with Crippen LogP contribution in [0.1, 0.15) is 0 Å². The summed E-state index contributed by atoms with van der Waals surface area (Å²) in [5.41, 5.74) is 1.55. The summed E-state index contributed by atoms with van der Waals surface area (Å²) in [4.78, 5) is 4.23. The average molecular weight is 413 g/mol. The first-order chi connectivity index (χ1) is 11.0. The number of hydrogen-bond donors (Lipinski definition) is 1. The van der Waals surface area contributed by atoms with Gasteiger partial charge in [-0.1, -0.05) is 6.07 Å². The zero-order chi connectivity index (χ0) is 16.3. The van der Waals surface area contributed by atoms with E-state index in [2.05, 4.69) is 30.7 Å². The van der Waals surface area contributed by atoms with E-state index in [0.29, 0.717) is 10.8 Å². The van der Waals surface area contributed by atoms with Crippen LogP contribution in [0.3, 0.4) is 0 Å². The van der Waals surface area contributed by atoms with Gasteiger partial charge in [-0.3, -0.25) is 9.67 Å². The lowest BCUT2D eigenvalue weighted by atomic mass is 10.3. The Kier molecular flexibility index (Phi) is 4.90. The van der Waals surface area contributed by atoms with Crippen LogP contribution in [0.15, 0.2) is 56.8 Å². The summed E-state index contributed by atoms with van der Waals surface area (Å²) in [6, 6.07) is 10.8. The van der Waals surface area contributed by atoms with Gasteiger partial charge in [-0.05, 0) is 46.3 Å². The molecule has 3 heterocycles. The first kappa shape index (κ1) is 16.3. The van der Waals surface area contributed by atoms with E-state index in [1.807, 2.05) is 24.3 Å². The summed E-state index contributed by atoms with van der Waals surface area (Å²) < 4.78 is 29.5. The minimum atomic E-state index is -3.47. The number of pyridine rings is 1. The van der Waals surface area contributed by atoms with Crippen molar-refractivity contribution in [3.05, 3.63) is 52.6 Å². The second-order valence-electron chi connectivity index (χ2n) is 4.64. The molecule has 6 nitrogen and oxygen atoms in total. The molecule has 0 bridgehead atoms.